The van der Waals surface area contributed by atoms with Gasteiger partial charge in [0.25, 0.3) is 0 Å². The minimum absolute atomic E-state index is 0.0208. The van der Waals surface area contributed by atoms with Gasteiger partial charge in [-0.3, -0.25) is 0 Å². The smallest absolute Gasteiger partial charge is 0.355 e. The van der Waals surface area contributed by atoms with Crippen molar-refractivity contribution in [1.29, 1.82) is 0 Å². The van der Waals surface area contributed by atoms with Crippen molar-refractivity contribution in [3.8, 4) is 0 Å². The summed E-state index contributed by atoms with van der Waals surface area (Å²) in [4.78, 5) is 14.4. The summed E-state index contributed by atoms with van der Waals surface area (Å²) in [6.45, 7) is 1.84. The van der Waals surface area contributed by atoms with Crippen LogP contribution in [0.15, 0.2) is 15.1 Å². The molecule has 64 valence electrons. The molecule has 1 rings (SSSR count). The van der Waals surface area contributed by atoms with Crippen LogP contribution in [0.25, 0.3) is 0 Å². The van der Waals surface area contributed by atoms with E-state index in [1.54, 1.807) is 6.07 Å². The molecule has 0 saturated heterocycles. The normalized spacial score (nSPS) is 9.92. The Morgan fingerprint density at radius 2 is 2.17 bits per heavy atom. The number of hydrogen-bond acceptors (Lipinski definition) is 2. The third kappa shape index (κ3) is 1.84. The first-order valence-corrected chi connectivity index (χ1v) is 4.67. The average Bonchev–Trinajstić information content (AvgIpc) is 1.96. The van der Waals surface area contributed by atoms with Crippen molar-refractivity contribution in [1.82, 2.24) is 4.98 Å². The zero-order valence-electron chi connectivity index (χ0n) is 6.14. The van der Waals surface area contributed by atoms with Gasteiger partial charge < -0.3 is 5.11 Å². The van der Waals surface area contributed by atoms with Crippen LogP contribution in [0.3, 0.4) is 0 Å². The molecule has 0 amide bonds. The van der Waals surface area contributed by atoms with Gasteiger partial charge in [0.15, 0.2) is 5.69 Å². The fourth-order valence-corrected chi connectivity index (χ4v) is 1.60. The van der Waals surface area contributed by atoms with Gasteiger partial charge in [-0.25, -0.2) is 9.78 Å². The molecule has 0 bridgehead atoms. The van der Waals surface area contributed by atoms with Crippen LogP contribution >= 0.6 is 31.9 Å². The Morgan fingerprint density at radius 3 is 2.67 bits per heavy atom. The monoisotopic (exact) mass is 293 g/mol. The van der Waals surface area contributed by atoms with E-state index in [2.05, 4.69) is 36.8 Å². The molecule has 1 N–H and O–H groups in total. The molecule has 0 atom stereocenters. The number of aromatic carboxylic acids is 1. The van der Waals surface area contributed by atoms with Crippen molar-refractivity contribution in [2.24, 2.45) is 0 Å². The maximum atomic E-state index is 10.6. The first-order valence-electron chi connectivity index (χ1n) is 3.08. The molecule has 0 unspecified atom stereocenters. The summed E-state index contributed by atoms with van der Waals surface area (Å²) in [5.41, 5.74) is 0.916. The van der Waals surface area contributed by atoms with Gasteiger partial charge in [-0.1, -0.05) is 0 Å². The Morgan fingerprint density at radius 1 is 1.58 bits per heavy atom. The molecule has 12 heavy (non-hydrogen) atoms. The van der Waals surface area contributed by atoms with Crippen molar-refractivity contribution >= 4 is 37.8 Å². The van der Waals surface area contributed by atoms with E-state index < -0.39 is 5.97 Å². The number of aromatic nitrogens is 1. The summed E-state index contributed by atoms with van der Waals surface area (Å²) in [6, 6.07) is 1.71. The minimum Gasteiger partial charge on any atom is -0.476 e. The standard InChI is InChI=1S/C7H5Br2NO2/c1-3-2-4(8)5(7(11)12)10-6(3)9/h2H,1H3,(H,11,12). The van der Waals surface area contributed by atoms with Crippen molar-refractivity contribution < 1.29 is 9.90 Å². The maximum Gasteiger partial charge on any atom is 0.355 e. The molecule has 0 aliphatic carbocycles. The van der Waals surface area contributed by atoms with Crippen LogP contribution in [0.1, 0.15) is 16.1 Å². The summed E-state index contributed by atoms with van der Waals surface area (Å²) >= 11 is 6.27. The van der Waals surface area contributed by atoms with Gasteiger partial charge in [-0.05, 0) is 50.4 Å². The number of carboxylic acids is 1. The second-order valence-corrected chi connectivity index (χ2v) is 3.84. The summed E-state index contributed by atoms with van der Waals surface area (Å²) in [5, 5.41) is 8.67. The number of aryl methyl sites for hydroxylation is 1. The Labute approximate surface area is 86.1 Å². The van der Waals surface area contributed by atoms with E-state index in [9.17, 15) is 4.79 Å². The molecule has 1 heterocycles. The van der Waals surface area contributed by atoms with Gasteiger partial charge in [0.2, 0.25) is 0 Å². The Hall–Kier alpha value is -0.420. The molecule has 5 heteroatoms. The molecule has 1 aromatic heterocycles. The lowest BCUT2D eigenvalue weighted by molar-refractivity contribution is 0.0689. The van der Waals surface area contributed by atoms with Crippen molar-refractivity contribution in [2.45, 2.75) is 6.92 Å². The lowest BCUT2D eigenvalue weighted by Crippen LogP contribution is -2.02. The van der Waals surface area contributed by atoms with E-state index in [4.69, 9.17) is 5.11 Å². The molecular weight excluding hydrogens is 290 g/mol. The lowest BCUT2D eigenvalue weighted by Gasteiger charge is -2.01. The Bertz CT molecular complexity index is 338. The second-order valence-electron chi connectivity index (χ2n) is 2.23. The molecule has 0 aliphatic heterocycles. The van der Waals surface area contributed by atoms with Crippen molar-refractivity contribution in [3.63, 3.8) is 0 Å². The number of carbonyl (C=O) groups is 1. The zero-order chi connectivity index (χ0) is 9.30. The molecule has 0 spiro atoms. The third-order valence-corrected chi connectivity index (χ3v) is 2.71. The minimum atomic E-state index is -1.04. The summed E-state index contributed by atoms with van der Waals surface area (Å²) in [5.74, 6) is -1.04. The number of nitrogens with zero attached hydrogens (tertiary/aromatic N) is 1. The maximum absolute atomic E-state index is 10.6. The Balaban J connectivity index is 3.33. The molecule has 1 aromatic rings. The van der Waals surface area contributed by atoms with Crippen molar-refractivity contribution in [3.05, 3.63) is 26.4 Å². The summed E-state index contributed by atoms with van der Waals surface area (Å²) in [6.07, 6.45) is 0. The van der Waals surface area contributed by atoms with Crippen molar-refractivity contribution in [2.75, 3.05) is 0 Å². The third-order valence-electron chi connectivity index (χ3n) is 1.31. The summed E-state index contributed by atoms with van der Waals surface area (Å²) in [7, 11) is 0. The number of hydrogen-bond donors (Lipinski definition) is 1. The van der Waals surface area contributed by atoms with Crippen LogP contribution in [-0.2, 0) is 0 Å². The van der Waals surface area contributed by atoms with Crippen LogP contribution in [-0.4, -0.2) is 16.1 Å². The quantitative estimate of drug-likeness (QED) is 0.810. The van der Waals surface area contributed by atoms with Crippen LogP contribution < -0.4 is 0 Å². The largest absolute Gasteiger partial charge is 0.476 e. The van der Waals surface area contributed by atoms with E-state index in [1.165, 1.54) is 0 Å². The van der Waals surface area contributed by atoms with Crippen LogP contribution in [0, 0.1) is 6.92 Å². The zero-order valence-corrected chi connectivity index (χ0v) is 9.31. The second kappa shape index (κ2) is 3.53. The highest BCUT2D eigenvalue weighted by molar-refractivity contribution is 9.11. The summed E-state index contributed by atoms with van der Waals surface area (Å²) < 4.78 is 1.05. The molecular formula is C7H5Br2NO2. The molecule has 0 aliphatic rings. The highest BCUT2D eigenvalue weighted by Crippen LogP contribution is 2.21. The van der Waals surface area contributed by atoms with E-state index in [0.29, 0.717) is 9.08 Å². The molecule has 0 fully saturated rings. The number of halogens is 2. The van der Waals surface area contributed by atoms with E-state index in [0.717, 1.165) is 5.56 Å². The predicted molar refractivity (Wildman–Crippen MR) is 51.3 cm³/mol. The fraction of sp³-hybridized carbons (Fsp3) is 0.143. The van der Waals surface area contributed by atoms with Gasteiger partial charge in [0.1, 0.15) is 4.60 Å². The molecule has 0 saturated carbocycles. The lowest BCUT2D eigenvalue weighted by atomic mass is 10.3. The van der Waals surface area contributed by atoms with Crippen LogP contribution in [0.2, 0.25) is 0 Å². The first-order chi connectivity index (χ1) is 5.52. The SMILES string of the molecule is Cc1cc(Br)c(C(=O)O)nc1Br. The van der Waals surface area contributed by atoms with Gasteiger partial charge >= 0.3 is 5.97 Å². The fourth-order valence-electron chi connectivity index (χ4n) is 0.708. The van der Waals surface area contributed by atoms with Crippen LogP contribution in [0.4, 0.5) is 0 Å². The van der Waals surface area contributed by atoms with E-state index >= 15 is 0 Å². The number of rotatable bonds is 1. The molecule has 0 aromatic carbocycles. The highest BCUT2D eigenvalue weighted by atomic mass is 79.9. The molecule has 0 radical (unpaired) electrons. The highest BCUT2D eigenvalue weighted by Gasteiger charge is 2.11. The van der Waals surface area contributed by atoms with Gasteiger partial charge in [0, 0.05) is 0 Å². The number of pyridine rings is 1. The van der Waals surface area contributed by atoms with E-state index in [-0.39, 0.29) is 5.69 Å². The van der Waals surface area contributed by atoms with Crippen LogP contribution in [0.5, 0.6) is 0 Å². The number of carboxylic acid groups (broad SMARTS) is 1. The van der Waals surface area contributed by atoms with E-state index in [1.807, 2.05) is 6.92 Å². The first kappa shape index (κ1) is 9.67. The molecule has 3 nitrogen and oxygen atoms in total. The van der Waals surface area contributed by atoms with Gasteiger partial charge in [-0.15, -0.1) is 0 Å². The topological polar surface area (TPSA) is 50.2 Å². The van der Waals surface area contributed by atoms with Gasteiger partial charge in [-0.2, -0.15) is 0 Å². The predicted octanol–water partition coefficient (Wildman–Crippen LogP) is 2.61. The van der Waals surface area contributed by atoms with Gasteiger partial charge in [0.05, 0.1) is 4.47 Å². The Kier molecular flexibility index (Phi) is 2.85. The average molecular weight is 295 g/mol.